The van der Waals surface area contributed by atoms with Crippen molar-refractivity contribution >= 4 is 40.7 Å². The second-order valence-electron chi connectivity index (χ2n) is 7.32. The molecular formula is C24H22N2O6S2. The zero-order valence-corrected chi connectivity index (χ0v) is 20.6. The molecule has 1 aliphatic heterocycles. The van der Waals surface area contributed by atoms with Crippen LogP contribution in [0, 0.1) is 0 Å². The van der Waals surface area contributed by atoms with Crippen molar-refractivity contribution in [3.05, 3.63) is 77.1 Å². The Bertz CT molecular complexity index is 1460. The number of hydrogen-bond acceptors (Lipinski definition) is 9. The molecule has 0 radical (unpaired) electrons. The number of aromatic nitrogens is 1. The van der Waals surface area contributed by atoms with Crippen LogP contribution in [-0.4, -0.2) is 30.2 Å². The largest absolute Gasteiger partial charge is 0.490 e. The summed E-state index contributed by atoms with van der Waals surface area (Å²) in [4.78, 5) is 43.5. The number of carbonyl (C=O) groups is 2. The van der Waals surface area contributed by atoms with Crippen molar-refractivity contribution in [2.75, 3.05) is 13.7 Å². The van der Waals surface area contributed by atoms with Gasteiger partial charge in [-0.15, -0.1) is 11.3 Å². The number of rotatable bonds is 6. The molecule has 1 aliphatic rings. The molecule has 3 aromatic rings. The first-order valence-electron chi connectivity index (χ1n) is 10.4. The fraction of sp³-hybridized carbons (Fsp3) is 0.250. The molecule has 8 nitrogen and oxygen atoms in total. The van der Waals surface area contributed by atoms with Gasteiger partial charge in [-0.1, -0.05) is 23.5 Å². The van der Waals surface area contributed by atoms with Gasteiger partial charge in [0.2, 0.25) is 0 Å². The van der Waals surface area contributed by atoms with Gasteiger partial charge in [-0.25, -0.2) is 9.79 Å². The third-order valence-electron chi connectivity index (χ3n) is 5.06. The molecule has 176 valence electrons. The fourth-order valence-corrected chi connectivity index (χ4v) is 5.55. The highest BCUT2D eigenvalue weighted by molar-refractivity contribution is 7.10. The lowest BCUT2D eigenvalue weighted by Crippen LogP contribution is -2.39. The predicted molar refractivity (Wildman–Crippen MR) is 129 cm³/mol. The van der Waals surface area contributed by atoms with Crippen LogP contribution in [0.4, 0.5) is 0 Å². The molecule has 0 spiro atoms. The molecule has 0 aliphatic carbocycles. The lowest BCUT2D eigenvalue weighted by atomic mass is 10.0. The molecule has 0 bridgehead atoms. The highest BCUT2D eigenvalue weighted by Gasteiger charge is 2.33. The average Bonchev–Trinajstić information content (AvgIpc) is 3.43. The number of benzene rings is 1. The van der Waals surface area contributed by atoms with Gasteiger partial charge >= 0.3 is 11.9 Å². The van der Waals surface area contributed by atoms with Crippen molar-refractivity contribution in [2.24, 2.45) is 4.99 Å². The number of carbonyl (C=O) groups excluding carboxylic acids is 2. The summed E-state index contributed by atoms with van der Waals surface area (Å²) in [6.45, 7) is 5.30. The van der Waals surface area contributed by atoms with Crippen LogP contribution in [0.3, 0.4) is 0 Å². The lowest BCUT2D eigenvalue weighted by Gasteiger charge is -2.22. The third-order valence-corrected chi connectivity index (χ3v) is 6.97. The molecule has 1 atom stereocenters. The molecule has 0 amide bonds. The monoisotopic (exact) mass is 498 g/mol. The maximum absolute atomic E-state index is 13.5. The number of methoxy groups -OCH3 is 1. The molecule has 0 fully saturated rings. The topological polar surface area (TPSA) is 96.2 Å². The summed E-state index contributed by atoms with van der Waals surface area (Å²) in [7, 11) is 1.31. The standard InChI is InChI=1S/C24H22N2O6S2/c1-5-31-16-9-8-15(11-17(16)32-14(3)27)12-19-22(28)26-21(18-7-6-10-33-18)20(23(29)30-4)13(2)25-24(26)34-19/h6-12,21H,5H2,1-4H3/t21-/m1/s1. The van der Waals surface area contributed by atoms with E-state index in [-0.39, 0.29) is 11.3 Å². The van der Waals surface area contributed by atoms with E-state index in [0.717, 1.165) is 4.88 Å². The molecule has 0 N–H and O–H groups in total. The van der Waals surface area contributed by atoms with Crippen molar-refractivity contribution in [1.29, 1.82) is 0 Å². The molecule has 3 heterocycles. The number of allylic oxidation sites excluding steroid dienone is 1. The molecule has 2 aromatic heterocycles. The van der Waals surface area contributed by atoms with Gasteiger partial charge in [0.15, 0.2) is 16.3 Å². The number of nitrogens with zero attached hydrogens (tertiary/aromatic N) is 2. The number of esters is 2. The van der Waals surface area contributed by atoms with E-state index in [2.05, 4.69) is 4.99 Å². The quantitative estimate of drug-likeness (QED) is 0.383. The Hall–Kier alpha value is -3.50. The smallest absolute Gasteiger partial charge is 0.338 e. The molecule has 0 unspecified atom stereocenters. The van der Waals surface area contributed by atoms with Gasteiger partial charge in [0.1, 0.15) is 6.04 Å². The van der Waals surface area contributed by atoms with Gasteiger partial charge in [-0.2, -0.15) is 0 Å². The molecular weight excluding hydrogens is 476 g/mol. The Balaban J connectivity index is 1.88. The zero-order valence-electron chi connectivity index (χ0n) is 19.0. The second kappa shape index (κ2) is 9.78. The number of thiazole rings is 1. The summed E-state index contributed by atoms with van der Waals surface area (Å²) in [6, 6.07) is 8.24. The predicted octanol–water partition coefficient (Wildman–Crippen LogP) is 2.79. The minimum Gasteiger partial charge on any atom is -0.490 e. The van der Waals surface area contributed by atoms with E-state index in [1.165, 1.54) is 41.3 Å². The van der Waals surface area contributed by atoms with Gasteiger partial charge in [0.25, 0.3) is 5.56 Å². The minimum absolute atomic E-state index is 0.274. The zero-order chi connectivity index (χ0) is 24.4. The number of thiophene rings is 1. The van der Waals surface area contributed by atoms with Crippen molar-refractivity contribution in [3.8, 4) is 11.5 Å². The third kappa shape index (κ3) is 4.46. The summed E-state index contributed by atoms with van der Waals surface area (Å²) in [6.07, 6.45) is 1.70. The average molecular weight is 499 g/mol. The van der Waals surface area contributed by atoms with Crippen LogP contribution in [-0.2, 0) is 14.3 Å². The van der Waals surface area contributed by atoms with E-state index in [4.69, 9.17) is 14.2 Å². The normalized spacial score (nSPS) is 15.5. The second-order valence-corrected chi connectivity index (χ2v) is 9.31. The van der Waals surface area contributed by atoms with Gasteiger partial charge in [0.05, 0.1) is 29.5 Å². The number of ether oxygens (including phenoxy) is 3. The summed E-state index contributed by atoms with van der Waals surface area (Å²) in [5.41, 5.74) is 1.22. The molecule has 10 heteroatoms. The Morgan fingerprint density at radius 1 is 1.24 bits per heavy atom. The van der Waals surface area contributed by atoms with E-state index < -0.39 is 18.0 Å². The maximum Gasteiger partial charge on any atom is 0.338 e. The first-order valence-corrected chi connectivity index (χ1v) is 12.1. The van der Waals surface area contributed by atoms with Crippen molar-refractivity contribution < 1.29 is 23.8 Å². The van der Waals surface area contributed by atoms with Crippen LogP contribution >= 0.6 is 22.7 Å². The van der Waals surface area contributed by atoms with E-state index in [1.54, 1.807) is 31.2 Å². The van der Waals surface area contributed by atoms with E-state index in [9.17, 15) is 14.4 Å². The molecule has 4 rings (SSSR count). The maximum atomic E-state index is 13.5. The van der Waals surface area contributed by atoms with Gasteiger partial charge < -0.3 is 14.2 Å². The van der Waals surface area contributed by atoms with Crippen molar-refractivity contribution in [3.63, 3.8) is 0 Å². The summed E-state index contributed by atoms with van der Waals surface area (Å²) >= 11 is 2.68. The highest BCUT2D eigenvalue weighted by Crippen LogP contribution is 2.33. The van der Waals surface area contributed by atoms with Gasteiger partial charge in [0, 0.05) is 11.8 Å². The van der Waals surface area contributed by atoms with Crippen molar-refractivity contribution in [2.45, 2.75) is 26.8 Å². The number of hydrogen-bond donors (Lipinski definition) is 0. The fourth-order valence-electron chi connectivity index (χ4n) is 3.68. The Labute approximate surface area is 203 Å². The molecule has 1 aromatic carbocycles. The van der Waals surface area contributed by atoms with Crippen LogP contribution in [0.5, 0.6) is 11.5 Å². The van der Waals surface area contributed by atoms with Gasteiger partial charge in [-0.05, 0) is 49.1 Å². The van der Waals surface area contributed by atoms with Crippen LogP contribution < -0.4 is 24.4 Å². The Kier molecular flexibility index (Phi) is 6.80. The Morgan fingerprint density at radius 3 is 2.68 bits per heavy atom. The Morgan fingerprint density at radius 2 is 2.03 bits per heavy atom. The van der Waals surface area contributed by atoms with Crippen LogP contribution in [0.1, 0.15) is 37.3 Å². The van der Waals surface area contributed by atoms with Crippen LogP contribution in [0.15, 0.2) is 56.8 Å². The number of fused-ring (bicyclic) bond motifs is 1. The first kappa shape index (κ1) is 23.7. The van der Waals surface area contributed by atoms with E-state index >= 15 is 0 Å². The van der Waals surface area contributed by atoms with Crippen molar-refractivity contribution in [1.82, 2.24) is 4.57 Å². The van der Waals surface area contributed by atoms with E-state index in [0.29, 0.717) is 38.5 Å². The lowest BCUT2D eigenvalue weighted by molar-refractivity contribution is -0.136. The molecule has 0 saturated heterocycles. The van der Waals surface area contributed by atoms with Crippen LogP contribution in [0.2, 0.25) is 0 Å². The summed E-state index contributed by atoms with van der Waals surface area (Å²) in [5.74, 6) is -0.283. The highest BCUT2D eigenvalue weighted by atomic mass is 32.1. The molecule has 0 saturated carbocycles. The first-order chi connectivity index (χ1) is 16.3. The van der Waals surface area contributed by atoms with Gasteiger partial charge in [-0.3, -0.25) is 14.2 Å². The molecule has 34 heavy (non-hydrogen) atoms. The van der Waals surface area contributed by atoms with E-state index in [1.807, 2.05) is 24.4 Å². The minimum atomic E-state index is -0.622. The van der Waals surface area contributed by atoms with Crippen LogP contribution in [0.25, 0.3) is 6.08 Å². The summed E-state index contributed by atoms with van der Waals surface area (Å²) in [5, 5.41) is 1.89. The SMILES string of the molecule is CCOc1ccc(C=c2sc3n(c2=O)[C@H](c2cccs2)C(C(=O)OC)=C(C)N=3)cc1OC(C)=O. The summed E-state index contributed by atoms with van der Waals surface area (Å²) < 4.78 is 17.8.